The van der Waals surface area contributed by atoms with Crippen molar-refractivity contribution in [3.8, 4) is 0 Å². The topological polar surface area (TPSA) is 63.4 Å². The van der Waals surface area contributed by atoms with Crippen molar-refractivity contribution in [2.45, 2.75) is 31.6 Å². The van der Waals surface area contributed by atoms with E-state index in [0.717, 1.165) is 17.3 Å². The van der Waals surface area contributed by atoms with Gasteiger partial charge in [0.05, 0.1) is 5.69 Å². The Hall–Kier alpha value is -0.590. The van der Waals surface area contributed by atoms with Gasteiger partial charge in [0.2, 0.25) is 10.0 Å². The predicted molar refractivity (Wildman–Crippen MR) is 84.9 cm³/mol. The molecule has 0 unspecified atom stereocenters. The first-order chi connectivity index (χ1) is 9.32. The fourth-order valence-electron chi connectivity index (χ4n) is 2.68. The third kappa shape index (κ3) is 3.18. The van der Waals surface area contributed by atoms with Crippen LogP contribution in [-0.2, 0) is 10.0 Å². The fraction of sp³-hybridized carbons (Fsp3) is 0.571. The number of nitrogen functional groups attached to an aromatic ring is 1. The molecule has 1 aromatic rings. The molecule has 6 heteroatoms. The molecule has 1 aromatic carbocycles. The SMILES string of the molecule is CC(C)C1CCN(S(=O)(=O)c2ccc(Br)cc2N)CC1. The normalized spacial score (nSPS) is 18.6. The standard InChI is InChI=1S/C14H21BrN2O2S/c1-10(2)11-5-7-17(8-6-11)20(18,19)14-4-3-12(15)9-13(14)16/h3-4,9-11H,5-8,16H2,1-2H3. The van der Waals surface area contributed by atoms with Crippen molar-refractivity contribution < 1.29 is 8.42 Å². The summed E-state index contributed by atoms with van der Waals surface area (Å²) in [7, 11) is -3.47. The summed E-state index contributed by atoms with van der Waals surface area (Å²) in [5.74, 6) is 1.22. The maximum absolute atomic E-state index is 12.6. The first-order valence-electron chi connectivity index (χ1n) is 6.87. The molecular formula is C14H21BrN2O2S. The number of nitrogens with two attached hydrogens (primary N) is 1. The van der Waals surface area contributed by atoms with Gasteiger partial charge < -0.3 is 5.73 Å². The van der Waals surface area contributed by atoms with Gasteiger partial charge in [-0.05, 0) is 42.9 Å². The van der Waals surface area contributed by atoms with E-state index < -0.39 is 10.0 Å². The molecule has 20 heavy (non-hydrogen) atoms. The third-order valence-electron chi connectivity index (χ3n) is 4.03. The van der Waals surface area contributed by atoms with Crippen LogP contribution in [0.3, 0.4) is 0 Å². The molecule has 2 N–H and O–H groups in total. The van der Waals surface area contributed by atoms with Crippen LogP contribution >= 0.6 is 15.9 Å². The second-order valence-electron chi connectivity index (χ2n) is 5.67. The largest absolute Gasteiger partial charge is 0.398 e. The first kappa shape index (κ1) is 15.8. The molecule has 1 saturated heterocycles. The average Bonchev–Trinajstić information content (AvgIpc) is 2.38. The Kier molecular flexibility index (Phi) is 4.76. The van der Waals surface area contributed by atoms with Gasteiger partial charge in [-0.3, -0.25) is 0 Å². The van der Waals surface area contributed by atoms with E-state index in [1.165, 1.54) is 0 Å². The molecule has 0 spiro atoms. The van der Waals surface area contributed by atoms with Gasteiger partial charge >= 0.3 is 0 Å². The molecule has 0 bridgehead atoms. The van der Waals surface area contributed by atoms with Crippen LogP contribution in [-0.4, -0.2) is 25.8 Å². The summed E-state index contributed by atoms with van der Waals surface area (Å²) in [6.07, 6.45) is 1.85. The van der Waals surface area contributed by atoms with E-state index in [0.29, 0.717) is 30.6 Å². The average molecular weight is 361 g/mol. The second kappa shape index (κ2) is 6.03. The predicted octanol–water partition coefficient (Wildman–Crippen LogP) is 3.09. The highest BCUT2D eigenvalue weighted by Crippen LogP contribution is 2.30. The number of hydrogen-bond acceptors (Lipinski definition) is 3. The highest BCUT2D eigenvalue weighted by Gasteiger charge is 2.31. The monoisotopic (exact) mass is 360 g/mol. The summed E-state index contributed by atoms with van der Waals surface area (Å²) in [6.45, 7) is 5.56. The zero-order valence-electron chi connectivity index (χ0n) is 11.8. The van der Waals surface area contributed by atoms with Gasteiger partial charge in [-0.1, -0.05) is 29.8 Å². The van der Waals surface area contributed by atoms with E-state index in [1.807, 2.05) is 0 Å². The van der Waals surface area contributed by atoms with Crippen molar-refractivity contribution in [1.29, 1.82) is 0 Å². The lowest BCUT2D eigenvalue weighted by Crippen LogP contribution is -2.39. The minimum atomic E-state index is -3.47. The van der Waals surface area contributed by atoms with Gasteiger partial charge in [0.25, 0.3) is 0 Å². The summed E-state index contributed by atoms with van der Waals surface area (Å²) in [6, 6.07) is 4.92. The molecular weight excluding hydrogens is 340 g/mol. The molecule has 0 amide bonds. The zero-order chi connectivity index (χ0) is 14.9. The Morgan fingerprint density at radius 1 is 1.30 bits per heavy atom. The molecule has 2 rings (SSSR count). The van der Waals surface area contributed by atoms with Gasteiger partial charge in [0, 0.05) is 17.6 Å². The lowest BCUT2D eigenvalue weighted by molar-refractivity contribution is 0.226. The minimum Gasteiger partial charge on any atom is -0.398 e. The third-order valence-corrected chi connectivity index (χ3v) is 6.50. The lowest BCUT2D eigenvalue weighted by atomic mass is 9.87. The maximum Gasteiger partial charge on any atom is 0.245 e. The van der Waals surface area contributed by atoms with Gasteiger partial charge in [-0.25, -0.2) is 8.42 Å². The molecule has 1 heterocycles. The maximum atomic E-state index is 12.6. The molecule has 0 aliphatic carbocycles. The minimum absolute atomic E-state index is 0.212. The van der Waals surface area contributed by atoms with Crippen LogP contribution in [0.15, 0.2) is 27.6 Å². The van der Waals surface area contributed by atoms with Crippen molar-refractivity contribution in [2.75, 3.05) is 18.8 Å². The summed E-state index contributed by atoms with van der Waals surface area (Å²) >= 11 is 3.29. The summed E-state index contributed by atoms with van der Waals surface area (Å²) in [5.41, 5.74) is 6.15. The molecule has 112 valence electrons. The summed E-state index contributed by atoms with van der Waals surface area (Å²) in [5, 5.41) is 0. The molecule has 1 aliphatic heterocycles. The molecule has 0 atom stereocenters. The number of hydrogen-bond donors (Lipinski definition) is 1. The van der Waals surface area contributed by atoms with E-state index in [9.17, 15) is 8.42 Å². The molecule has 0 aromatic heterocycles. The fourth-order valence-corrected chi connectivity index (χ4v) is 4.62. The van der Waals surface area contributed by atoms with Gasteiger partial charge in [0.1, 0.15) is 4.90 Å². The number of halogens is 1. The van der Waals surface area contributed by atoms with Crippen LogP contribution in [0.4, 0.5) is 5.69 Å². The quantitative estimate of drug-likeness (QED) is 0.842. The number of benzene rings is 1. The number of sulfonamides is 1. The second-order valence-corrected chi connectivity index (χ2v) is 8.49. The van der Waals surface area contributed by atoms with Crippen LogP contribution in [0.1, 0.15) is 26.7 Å². The van der Waals surface area contributed by atoms with E-state index >= 15 is 0 Å². The molecule has 1 aliphatic rings. The Balaban J connectivity index is 2.20. The van der Waals surface area contributed by atoms with Crippen molar-refractivity contribution in [3.63, 3.8) is 0 Å². The van der Waals surface area contributed by atoms with Crippen LogP contribution in [0, 0.1) is 11.8 Å². The van der Waals surface area contributed by atoms with Crippen molar-refractivity contribution in [1.82, 2.24) is 4.31 Å². The first-order valence-corrected chi connectivity index (χ1v) is 9.11. The molecule has 1 fully saturated rings. The van der Waals surface area contributed by atoms with Gasteiger partial charge in [-0.2, -0.15) is 4.31 Å². The smallest absolute Gasteiger partial charge is 0.245 e. The Bertz CT molecular complexity index is 579. The van der Waals surface area contributed by atoms with E-state index in [2.05, 4.69) is 29.8 Å². The van der Waals surface area contributed by atoms with Gasteiger partial charge in [0.15, 0.2) is 0 Å². The number of piperidine rings is 1. The summed E-state index contributed by atoms with van der Waals surface area (Å²) < 4.78 is 27.6. The Morgan fingerprint density at radius 3 is 2.40 bits per heavy atom. The highest BCUT2D eigenvalue weighted by atomic mass is 79.9. The van der Waals surface area contributed by atoms with Crippen molar-refractivity contribution >= 4 is 31.6 Å². The number of anilines is 1. The van der Waals surface area contributed by atoms with E-state index in [4.69, 9.17) is 5.73 Å². The van der Waals surface area contributed by atoms with Crippen LogP contribution in [0.5, 0.6) is 0 Å². The molecule has 4 nitrogen and oxygen atoms in total. The van der Waals surface area contributed by atoms with Crippen molar-refractivity contribution in [3.05, 3.63) is 22.7 Å². The lowest BCUT2D eigenvalue weighted by Gasteiger charge is -2.33. The molecule has 0 radical (unpaired) electrons. The number of nitrogens with zero attached hydrogens (tertiary/aromatic N) is 1. The van der Waals surface area contributed by atoms with Crippen LogP contribution in [0.25, 0.3) is 0 Å². The van der Waals surface area contributed by atoms with Crippen LogP contribution in [0.2, 0.25) is 0 Å². The summed E-state index contributed by atoms with van der Waals surface area (Å²) in [4.78, 5) is 0.212. The van der Waals surface area contributed by atoms with Gasteiger partial charge in [-0.15, -0.1) is 0 Å². The van der Waals surface area contributed by atoms with Crippen LogP contribution < -0.4 is 5.73 Å². The number of rotatable bonds is 3. The molecule has 0 saturated carbocycles. The van der Waals surface area contributed by atoms with E-state index in [-0.39, 0.29) is 4.90 Å². The Labute approximate surface area is 129 Å². The van der Waals surface area contributed by atoms with E-state index in [1.54, 1.807) is 22.5 Å². The zero-order valence-corrected chi connectivity index (χ0v) is 14.2. The Morgan fingerprint density at radius 2 is 1.90 bits per heavy atom. The highest BCUT2D eigenvalue weighted by molar-refractivity contribution is 9.10. The van der Waals surface area contributed by atoms with Crippen molar-refractivity contribution in [2.24, 2.45) is 11.8 Å².